The number of carbonyl (C=O) groups excluding carboxylic acids is 2. The van der Waals surface area contributed by atoms with Crippen molar-refractivity contribution in [1.29, 1.82) is 0 Å². The van der Waals surface area contributed by atoms with Gasteiger partial charge in [0.2, 0.25) is 0 Å². The van der Waals surface area contributed by atoms with Gasteiger partial charge in [-0.05, 0) is 29.2 Å². The molecule has 25 heavy (non-hydrogen) atoms. The number of esters is 1. The molecule has 0 saturated heterocycles. The van der Waals surface area contributed by atoms with Gasteiger partial charge in [0.1, 0.15) is 0 Å². The molecule has 132 valence electrons. The van der Waals surface area contributed by atoms with Crippen molar-refractivity contribution in [2.45, 2.75) is 25.8 Å². The Morgan fingerprint density at radius 3 is 2.52 bits per heavy atom. The topological polar surface area (TPSA) is 55.4 Å². The van der Waals surface area contributed by atoms with Crippen LogP contribution in [0.3, 0.4) is 0 Å². The molecular weight excluding hydrogens is 361 g/mol. The van der Waals surface area contributed by atoms with E-state index in [0.717, 1.165) is 11.1 Å². The smallest absolute Gasteiger partial charge is 0.306 e. The number of hydrogen-bond acceptors (Lipinski definition) is 3. The van der Waals surface area contributed by atoms with Gasteiger partial charge in [0.15, 0.2) is 6.61 Å². The molecule has 2 rings (SSSR count). The van der Waals surface area contributed by atoms with Gasteiger partial charge >= 0.3 is 5.97 Å². The summed E-state index contributed by atoms with van der Waals surface area (Å²) < 4.78 is 5.03. The molecular formula is C19H19Cl2NO3. The maximum absolute atomic E-state index is 11.9. The fourth-order valence-corrected chi connectivity index (χ4v) is 2.74. The fourth-order valence-electron chi connectivity index (χ4n) is 2.26. The summed E-state index contributed by atoms with van der Waals surface area (Å²) in [7, 11) is 0. The molecule has 1 N–H and O–H groups in total. The van der Waals surface area contributed by atoms with Crippen molar-refractivity contribution < 1.29 is 14.3 Å². The van der Waals surface area contributed by atoms with Gasteiger partial charge in [0, 0.05) is 16.6 Å². The molecule has 1 amide bonds. The predicted octanol–water partition coefficient (Wildman–Crippen LogP) is 4.35. The maximum Gasteiger partial charge on any atom is 0.306 e. The van der Waals surface area contributed by atoms with Crippen molar-refractivity contribution in [3.8, 4) is 0 Å². The first-order chi connectivity index (χ1) is 12.0. The molecule has 0 heterocycles. The molecule has 0 saturated carbocycles. The van der Waals surface area contributed by atoms with Crippen molar-refractivity contribution in [3.05, 3.63) is 69.7 Å². The zero-order chi connectivity index (χ0) is 18.2. The first kappa shape index (κ1) is 19.3. The Kier molecular flexibility index (Phi) is 7.29. The van der Waals surface area contributed by atoms with Crippen LogP contribution in [0.1, 0.15) is 30.4 Å². The Balaban J connectivity index is 1.73. The van der Waals surface area contributed by atoms with E-state index in [0.29, 0.717) is 10.0 Å². The molecule has 1 atom stereocenters. The third-order valence-corrected chi connectivity index (χ3v) is 4.28. The SMILES string of the molecule is C[C@@H](CC(=O)OCC(=O)NCc1ccc(Cl)cc1Cl)c1ccccc1. The highest BCUT2D eigenvalue weighted by atomic mass is 35.5. The van der Waals surface area contributed by atoms with E-state index < -0.39 is 5.97 Å². The average Bonchev–Trinajstić information content (AvgIpc) is 2.60. The summed E-state index contributed by atoms with van der Waals surface area (Å²) in [5.74, 6) is -0.757. The van der Waals surface area contributed by atoms with Crippen molar-refractivity contribution >= 4 is 35.1 Å². The molecule has 6 heteroatoms. The Bertz CT molecular complexity index is 735. The molecule has 2 aromatic carbocycles. The second kappa shape index (κ2) is 9.44. The van der Waals surface area contributed by atoms with Gasteiger partial charge in [-0.25, -0.2) is 0 Å². The number of nitrogens with one attached hydrogen (secondary N) is 1. The van der Waals surface area contributed by atoms with Crippen molar-refractivity contribution in [1.82, 2.24) is 5.32 Å². The van der Waals surface area contributed by atoms with E-state index >= 15 is 0 Å². The van der Waals surface area contributed by atoms with Crippen LogP contribution in [-0.4, -0.2) is 18.5 Å². The molecule has 0 aliphatic carbocycles. The molecule has 0 fully saturated rings. The highest BCUT2D eigenvalue weighted by Gasteiger charge is 2.14. The first-order valence-corrected chi connectivity index (χ1v) is 8.62. The summed E-state index contributed by atoms with van der Waals surface area (Å²) in [6.07, 6.45) is 0.223. The Labute approximate surface area is 157 Å². The van der Waals surface area contributed by atoms with Crippen LogP contribution in [0, 0.1) is 0 Å². The molecule has 2 aromatic rings. The van der Waals surface area contributed by atoms with Gasteiger partial charge in [0.25, 0.3) is 5.91 Å². The van der Waals surface area contributed by atoms with E-state index in [2.05, 4.69) is 5.32 Å². The first-order valence-electron chi connectivity index (χ1n) is 7.87. The Morgan fingerprint density at radius 1 is 1.12 bits per heavy atom. The van der Waals surface area contributed by atoms with Crippen molar-refractivity contribution in [3.63, 3.8) is 0 Å². The third-order valence-electron chi connectivity index (χ3n) is 3.70. The number of benzene rings is 2. The van der Waals surface area contributed by atoms with Crippen LogP contribution in [0.4, 0.5) is 0 Å². The summed E-state index contributed by atoms with van der Waals surface area (Å²) in [5.41, 5.74) is 1.80. The highest BCUT2D eigenvalue weighted by molar-refractivity contribution is 6.35. The predicted molar refractivity (Wildman–Crippen MR) is 98.7 cm³/mol. The monoisotopic (exact) mass is 379 g/mol. The molecule has 4 nitrogen and oxygen atoms in total. The lowest BCUT2D eigenvalue weighted by Crippen LogP contribution is -2.28. The summed E-state index contributed by atoms with van der Waals surface area (Å²) >= 11 is 11.9. The quantitative estimate of drug-likeness (QED) is 0.727. The minimum atomic E-state index is -0.406. The summed E-state index contributed by atoms with van der Waals surface area (Å²) in [6.45, 7) is 1.87. The van der Waals surface area contributed by atoms with Gasteiger partial charge in [-0.2, -0.15) is 0 Å². The largest absolute Gasteiger partial charge is 0.456 e. The normalized spacial score (nSPS) is 11.6. The summed E-state index contributed by atoms with van der Waals surface area (Å²) in [5, 5.41) is 3.66. The van der Waals surface area contributed by atoms with Crippen molar-refractivity contribution in [2.24, 2.45) is 0 Å². The number of rotatable bonds is 7. The van der Waals surface area contributed by atoms with E-state index in [1.54, 1.807) is 18.2 Å². The maximum atomic E-state index is 11.9. The number of amides is 1. The summed E-state index contributed by atoms with van der Waals surface area (Å²) in [6, 6.07) is 14.7. The van der Waals surface area contributed by atoms with Gasteiger partial charge in [-0.1, -0.05) is 66.5 Å². The van der Waals surface area contributed by atoms with Crippen LogP contribution in [0.25, 0.3) is 0 Å². The minimum Gasteiger partial charge on any atom is -0.456 e. The lowest BCUT2D eigenvalue weighted by atomic mass is 9.98. The Morgan fingerprint density at radius 2 is 1.84 bits per heavy atom. The van der Waals surface area contributed by atoms with Gasteiger partial charge in [0.05, 0.1) is 6.42 Å². The van der Waals surface area contributed by atoms with Gasteiger partial charge in [-0.15, -0.1) is 0 Å². The second-order valence-corrected chi connectivity index (χ2v) is 6.53. The Hall–Kier alpha value is -2.04. The van der Waals surface area contributed by atoms with E-state index in [-0.39, 0.29) is 31.4 Å². The second-order valence-electron chi connectivity index (χ2n) is 5.69. The molecule has 0 spiro atoms. The lowest BCUT2D eigenvalue weighted by molar-refractivity contribution is -0.148. The lowest BCUT2D eigenvalue weighted by Gasteiger charge is -2.12. The molecule has 0 radical (unpaired) electrons. The number of halogens is 2. The molecule has 0 aliphatic rings. The van der Waals surface area contributed by atoms with E-state index in [1.165, 1.54) is 0 Å². The van der Waals surface area contributed by atoms with E-state index in [9.17, 15) is 9.59 Å². The molecule has 0 aromatic heterocycles. The fraction of sp³-hybridized carbons (Fsp3) is 0.263. The average molecular weight is 380 g/mol. The van der Waals surface area contributed by atoms with Crippen molar-refractivity contribution in [2.75, 3.05) is 6.61 Å². The third kappa shape index (κ3) is 6.40. The standard InChI is InChI=1S/C19H19Cl2NO3/c1-13(14-5-3-2-4-6-14)9-19(24)25-12-18(23)22-11-15-7-8-16(20)10-17(15)21/h2-8,10,13H,9,11-12H2,1H3,(H,22,23)/t13-/m0/s1. The minimum absolute atomic E-state index is 0.0321. The molecule has 0 aliphatic heterocycles. The van der Waals surface area contributed by atoms with E-state index in [4.69, 9.17) is 27.9 Å². The molecule has 0 unspecified atom stereocenters. The van der Waals surface area contributed by atoms with E-state index in [1.807, 2.05) is 37.3 Å². The van der Waals surface area contributed by atoms with Gasteiger partial charge < -0.3 is 10.1 Å². The zero-order valence-corrected chi connectivity index (χ0v) is 15.3. The number of ether oxygens (including phenoxy) is 1. The van der Waals surface area contributed by atoms with Gasteiger partial charge in [-0.3, -0.25) is 9.59 Å². The van der Waals surface area contributed by atoms with Crippen LogP contribution >= 0.6 is 23.2 Å². The summed E-state index contributed by atoms with van der Waals surface area (Å²) in [4.78, 5) is 23.7. The van der Waals surface area contributed by atoms with Crippen LogP contribution < -0.4 is 5.32 Å². The van der Waals surface area contributed by atoms with Crippen LogP contribution in [0.5, 0.6) is 0 Å². The van der Waals surface area contributed by atoms with Crippen LogP contribution in [0.2, 0.25) is 10.0 Å². The molecule has 0 bridgehead atoms. The zero-order valence-electron chi connectivity index (χ0n) is 13.8. The van der Waals surface area contributed by atoms with Crippen LogP contribution in [0.15, 0.2) is 48.5 Å². The highest BCUT2D eigenvalue weighted by Crippen LogP contribution is 2.21. The number of hydrogen-bond donors (Lipinski definition) is 1. The number of carbonyl (C=O) groups is 2. The van der Waals surface area contributed by atoms with Crippen LogP contribution in [-0.2, 0) is 20.9 Å².